The van der Waals surface area contributed by atoms with E-state index < -0.39 is 154 Å². The highest BCUT2D eigenvalue weighted by Crippen LogP contribution is 2.55. The fourth-order valence-electron chi connectivity index (χ4n) is 15.2. The predicted octanol–water partition coefficient (Wildman–Crippen LogP) is 8.41. The molecule has 0 radical (unpaired) electrons. The molecule has 4 aliphatic carbocycles. The highest BCUT2D eigenvalue weighted by atomic mass is 35.5. The highest BCUT2D eigenvalue weighted by Gasteiger charge is 2.50. The van der Waals surface area contributed by atoms with Crippen LogP contribution in [-0.4, -0.2) is 107 Å². The van der Waals surface area contributed by atoms with E-state index in [9.17, 15) is 45.3 Å². The maximum Gasteiger partial charge on any atom is 0.408 e. The summed E-state index contributed by atoms with van der Waals surface area (Å²) in [6, 6.07) is 8.59. The predicted molar refractivity (Wildman–Crippen MR) is 361 cm³/mol. The second-order valence-corrected chi connectivity index (χ2v) is 28.6. The topological polar surface area (TPSA) is 411 Å². The maximum absolute atomic E-state index is 16.1. The van der Waals surface area contributed by atoms with Crippen LogP contribution >= 0.6 is 23.2 Å². The molecule has 10 aliphatic rings. The highest BCUT2D eigenvalue weighted by molar-refractivity contribution is 6.32. The number of amides is 8. The fraction of sp³-hybridized carbons (Fsp3) is 0.315. The number of rotatable bonds is 3. The summed E-state index contributed by atoms with van der Waals surface area (Å²) >= 11 is 14.0. The number of fused-ring (bicyclic) bond motifs is 14. The molecule has 528 valence electrons. The van der Waals surface area contributed by atoms with Crippen LogP contribution in [0.25, 0.3) is 11.1 Å². The molecule has 8 amide bonds. The SMILES string of the molecule is CC(C)(C)OC(=O)N[C@H]1C(=O)N[C@@H]2Cc3ccc(c(Cl)c3)Oc3cc4cc(c3O)Oc3ccc(cc3Cl)[C@@H](O)[C@@H]3NC(=O)[C@H](NC(=O)[C@@H]4NC(=O)[C@@H](NC2=O)c2cc(O)cc(c2)Oc2cc1ccc2O)c1ccc(O)c(c1)-c1c(O)cc(O)cc1[C@@H](C(=O)NC1C2CC4CC(C2)CC1C4)NC3=O. The monoisotopic (exact) mass is 1430 g/mol. The van der Waals surface area contributed by atoms with Gasteiger partial charge in [-0.3, -0.25) is 33.6 Å². The Morgan fingerprint density at radius 2 is 1.09 bits per heavy atom. The molecule has 7 aromatic carbocycles. The van der Waals surface area contributed by atoms with E-state index in [1.807, 2.05) is 0 Å². The minimum atomic E-state index is -2.19. The number of aromatic hydroxyl groups is 6. The van der Waals surface area contributed by atoms with Gasteiger partial charge in [-0.2, -0.15) is 0 Å². The van der Waals surface area contributed by atoms with Crippen molar-refractivity contribution in [3.05, 3.63) is 164 Å². The first-order chi connectivity index (χ1) is 48.5. The molecule has 0 unspecified atom stereocenters. The molecular formula is C73H68Cl2N8O19. The zero-order valence-corrected chi connectivity index (χ0v) is 56.0. The zero-order valence-electron chi connectivity index (χ0n) is 54.5. The van der Waals surface area contributed by atoms with Gasteiger partial charge in [0, 0.05) is 35.7 Å². The summed E-state index contributed by atoms with van der Waals surface area (Å²) in [6.07, 6.45) is 1.02. The lowest BCUT2D eigenvalue weighted by Gasteiger charge is -2.54. The number of phenols is 6. The fourth-order valence-corrected chi connectivity index (χ4v) is 15.7. The van der Waals surface area contributed by atoms with Crippen molar-refractivity contribution >= 4 is 70.6 Å². The third-order valence-electron chi connectivity index (χ3n) is 19.6. The van der Waals surface area contributed by atoms with Crippen LogP contribution in [0.15, 0.2) is 115 Å². The van der Waals surface area contributed by atoms with E-state index in [1.165, 1.54) is 66.7 Å². The average molecular weight is 1430 g/mol. The van der Waals surface area contributed by atoms with Crippen LogP contribution < -0.4 is 56.7 Å². The Balaban J connectivity index is 0.930. The van der Waals surface area contributed by atoms with Gasteiger partial charge in [0.2, 0.25) is 47.1 Å². The molecule has 17 rings (SSSR count). The average Bonchev–Trinajstić information content (AvgIpc) is 0.757. The number of carbonyl (C=O) groups is 8. The number of hydrogen-bond donors (Lipinski definition) is 15. The molecule has 4 saturated carbocycles. The van der Waals surface area contributed by atoms with E-state index >= 15 is 28.8 Å². The number of nitrogens with one attached hydrogen (secondary N) is 8. The molecule has 0 aromatic heterocycles. The zero-order chi connectivity index (χ0) is 72.1. The van der Waals surface area contributed by atoms with Crippen LogP contribution in [0.1, 0.15) is 128 Å². The molecule has 29 heteroatoms. The van der Waals surface area contributed by atoms with Crippen LogP contribution in [0, 0.1) is 23.7 Å². The number of aliphatic hydroxyl groups excluding tert-OH is 1. The summed E-state index contributed by atoms with van der Waals surface area (Å²) < 4.78 is 24.3. The minimum absolute atomic E-state index is 0.00192. The van der Waals surface area contributed by atoms with Gasteiger partial charge in [0.15, 0.2) is 23.0 Å². The first-order valence-corrected chi connectivity index (χ1v) is 33.6. The summed E-state index contributed by atoms with van der Waals surface area (Å²) in [5, 5.41) is 104. The molecule has 8 atom stereocenters. The molecular weight excluding hydrogens is 1360 g/mol. The lowest BCUT2D eigenvalue weighted by molar-refractivity contribution is -0.137. The van der Waals surface area contributed by atoms with Gasteiger partial charge in [0.05, 0.1) is 10.0 Å². The van der Waals surface area contributed by atoms with E-state index in [2.05, 4.69) is 42.5 Å². The van der Waals surface area contributed by atoms with E-state index in [-0.39, 0.29) is 101 Å². The standard InChI is InChI=1S/C73H68Cl2N8O19/c1-73(2,3)102-72(98)83-58-33-6-9-48(87)52(23-33)99-41-20-37(19-39(84)26-41)59-68(94)80-60-38-24-53(100-50-10-4-29(17-44(50)74)18-46(65(91)78-59)76-66(58)92)64(90)54(25-38)101-51-11-7-34(22-45(51)75)63(89)62-71(97)81-61(70(96)77-56-35-13-30-12-31(15-35)16-36(56)14-30)43-27-40(85)28-49(88)55(43)42-21-32(5-8-47(42)86)57(67(93)82-62)79-69(60)95/h4-11,17,19-28,30-31,35-36,46,56-63,84-90H,12-16,18H2,1-3H3,(H,76,92)(H,77,96)(H,78,91)(H,79,95)(H,80,94)(H,81,97)(H,82,93)(H,83,98)/t30?,31?,35?,36?,46-,56?,57-,58-,59+,60-,61+,62+,63-/m1/s1. The van der Waals surface area contributed by atoms with Crippen LogP contribution in [0.4, 0.5) is 4.79 Å². The van der Waals surface area contributed by atoms with Crippen LogP contribution in [-0.2, 0) is 44.7 Å². The third kappa shape index (κ3) is 13.4. The number of hydrogen-bond acceptors (Lipinski definition) is 19. The molecule has 7 aromatic rings. The maximum atomic E-state index is 16.1. The lowest BCUT2D eigenvalue weighted by atomic mass is 9.54. The third-order valence-corrected chi connectivity index (χ3v) is 20.2. The normalized spacial score (nSPS) is 25.8. The first-order valence-electron chi connectivity index (χ1n) is 32.9. The summed E-state index contributed by atoms with van der Waals surface area (Å²) in [7, 11) is 0. The van der Waals surface area contributed by atoms with Crippen molar-refractivity contribution in [2.24, 2.45) is 23.7 Å². The summed E-state index contributed by atoms with van der Waals surface area (Å²) in [5.74, 6) is -12.5. The van der Waals surface area contributed by atoms with E-state index in [0.717, 1.165) is 80.6 Å². The second kappa shape index (κ2) is 26.4. The van der Waals surface area contributed by atoms with Gasteiger partial charge in [-0.15, -0.1) is 0 Å². The van der Waals surface area contributed by atoms with E-state index in [1.54, 1.807) is 20.8 Å². The summed E-state index contributed by atoms with van der Waals surface area (Å²) in [4.78, 5) is 122. The van der Waals surface area contributed by atoms with Crippen molar-refractivity contribution in [3.63, 3.8) is 0 Å². The smallest absolute Gasteiger partial charge is 0.408 e. The number of phenolic OH excluding ortho intramolecular Hbond substituents is 6. The van der Waals surface area contributed by atoms with E-state index in [0.29, 0.717) is 11.8 Å². The number of carbonyl (C=O) groups excluding carboxylic acids is 8. The Hall–Kier alpha value is -11.2. The summed E-state index contributed by atoms with van der Waals surface area (Å²) in [5.41, 5.74) is -2.61. The van der Waals surface area contributed by atoms with Crippen LogP contribution in [0.3, 0.4) is 0 Å². The Kier molecular flexibility index (Phi) is 17.6. The molecule has 0 spiro atoms. The number of alkyl carbamates (subject to hydrolysis) is 1. The van der Waals surface area contributed by atoms with Crippen molar-refractivity contribution in [2.45, 2.75) is 119 Å². The van der Waals surface area contributed by atoms with Crippen LogP contribution in [0.2, 0.25) is 10.0 Å². The molecule has 0 saturated heterocycles. The van der Waals surface area contributed by atoms with Gasteiger partial charge >= 0.3 is 6.09 Å². The Morgan fingerprint density at radius 1 is 0.510 bits per heavy atom. The van der Waals surface area contributed by atoms with Gasteiger partial charge < -0.3 is 97.2 Å². The van der Waals surface area contributed by atoms with E-state index in [4.69, 9.17) is 42.1 Å². The summed E-state index contributed by atoms with van der Waals surface area (Å²) in [6.45, 7) is 4.75. The molecule has 102 heavy (non-hydrogen) atoms. The molecule has 15 N–H and O–H groups in total. The molecule has 21 bridgehead atoms. The number of benzene rings is 7. The number of halogens is 2. The Bertz CT molecular complexity index is 4670. The Morgan fingerprint density at radius 3 is 1.75 bits per heavy atom. The lowest BCUT2D eigenvalue weighted by Crippen LogP contribution is -2.59. The van der Waals surface area contributed by atoms with Crippen molar-refractivity contribution in [2.75, 3.05) is 0 Å². The van der Waals surface area contributed by atoms with Gasteiger partial charge in [0.25, 0.3) is 0 Å². The quantitative estimate of drug-likeness (QED) is 0.0789. The first kappa shape index (κ1) is 68.0. The van der Waals surface area contributed by atoms with Gasteiger partial charge in [-0.25, -0.2) is 4.79 Å². The Labute approximate surface area is 590 Å². The van der Waals surface area contributed by atoms with Crippen LogP contribution in [0.5, 0.6) is 69.0 Å². The molecule has 6 aliphatic heterocycles. The number of ether oxygens (including phenoxy) is 4. The molecule has 4 fully saturated rings. The van der Waals surface area contributed by atoms with Crippen molar-refractivity contribution in [1.82, 2.24) is 42.5 Å². The molecule has 27 nitrogen and oxygen atoms in total. The van der Waals surface area contributed by atoms with Crippen molar-refractivity contribution < 1.29 is 93.0 Å². The second-order valence-electron chi connectivity index (χ2n) is 27.8. The largest absolute Gasteiger partial charge is 0.508 e. The van der Waals surface area contributed by atoms with Crippen molar-refractivity contribution in [1.29, 1.82) is 0 Å². The van der Waals surface area contributed by atoms with Gasteiger partial charge in [-0.1, -0.05) is 47.5 Å². The van der Waals surface area contributed by atoms with Gasteiger partial charge in [-0.05, 0) is 194 Å². The van der Waals surface area contributed by atoms with Crippen molar-refractivity contribution in [3.8, 4) is 80.1 Å². The number of aliphatic hydroxyl groups is 1. The van der Waals surface area contributed by atoms with Gasteiger partial charge in [0.1, 0.15) is 94.2 Å². The minimum Gasteiger partial charge on any atom is -0.508 e. The molecule has 6 heterocycles.